The molecule has 1 aromatic carbocycles. The fourth-order valence-corrected chi connectivity index (χ4v) is 2.05. The molecule has 114 valence electrons. The lowest BCUT2D eigenvalue weighted by atomic mass is 10.1. The summed E-state index contributed by atoms with van der Waals surface area (Å²) >= 11 is 11.7. The number of benzene rings is 1. The number of halogens is 2. The average molecular weight is 337 g/mol. The second kappa shape index (κ2) is 7.82. The summed E-state index contributed by atoms with van der Waals surface area (Å²) in [5.74, 6) is -0.419. The third-order valence-electron chi connectivity index (χ3n) is 2.76. The van der Waals surface area contributed by atoms with Crippen LogP contribution in [0.5, 0.6) is 0 Å². The average Bonchev–Trinajstić information content (AvgIpc) is 2.49. The zero-order chi connectivity index (χ0) is 15.9. The first-order valence-electron chi connectivity index (χ1n) is 6.61. The summed E-state index contributed by atoms with van der Waals surface area (Å²) in [7, 11) is 0. The van der Waals surface area contributed by atoms with Gasteiger partial charge in [-0.05, 0) is 36.8 Å². The molecular weight excluding hydrogens is 323 g/mol. The van der Waals surface area contributed by atoms with E-state index >= 15 is 0 Å². The first-order valence-corrected chi connectivity index (χ1v) is 7.37. The summed E-state index contributed by atoms with van der Waals surface area (Å²) < 4.78 is 5.08. The number of hydrogen-bond acceptors (Lipinski definition) is 4. The van der Waals surface area contributed by atoms with Gasteiger partial charge in [-0.1, -0.05) is 35.3 Å². The Kier molecular flexibility index (Phi) is 5.81. The van der Waals surface area contributed by atoms with E-state index in [2.05, 4.69) is 10.3 Å². The highest BCUT2D eigenvalue weighted by Gasteiger charge is 2.13. The van der Waals surface area contributed by atoms with Gasteiger partial charge >= 0.3 is 5.97 Å². The quantitative estimate of drug-likeness (QED) is 0.499. The fraction of sp³-hybridized carbons (Fsp3) is 0.125. The van der Waals surface area contributed by atoms with Crippen molar-refractivity contribution in [3.05, 3.63) is 64.5 Å². The van der Waals surface area contributed by atoms with Crippen LogP contribution in [-0.2, 0) is 9.53 Å². The molecule has 0 bridgehead atoms. The van der Waals surface area contributed by atoms with Crippen LogP contribution in [0.15, 0.2) is 48.8 Å². The molecule has 0 saturated carbocycles. The number of ether oxygens (including phenoxy) is 1. The molecule has 0 fully saturated rings. The summed E-state index contributed by atoms with van der Waals surface area (Å²) in [5.41, 5.74) is 1.82. The highest BCUT2D eigenvalue weighted by atomic mass is 35.5. The molecule has 1 N–H and O–H groups in total. The third-order valence-corrected chi connectivity index (χ3v) is 3.22. The Morgan fingerprint density at radius 3 is 2.64 bits per heavy atom. The van der Waals surface area contributed by atoms with Crippen LogP contribution < -0.4 is 5.32 Å². The summed E-state index contributed by atoms with van der Waals surface area (Å²) in [6, 6.07) is 10.3. The lowest BCUT2D eigenvalue weighted by molar-refractivity contribution is -0.136. The van der Waals surface area contributed by atoms with Crippen molar-refractivity contribution in [2.75, 3.05) is 11.9 Å². The highest BCUT2D eigenvalue weighted by molar-refractivity contribution is 6.30. The van der Waals surface area contributed by atoms with E-state index in [0.717, 1.165) is 5.69 Å². The van der Waals surface area contributed by atoms with E-state index in [1.807, 2.05) is 0 Å². The molecule has 0 spiro atoms. The second-order valence-electron chi connectivity index (χ2n) is 4.30. The lowest BCUT2D eigenvalue weighted by Gasteiger charge is -2.09. The standard InChI is InChI=1S/C16H14Cl2N2O2/c1-2-22-16(21)14(11-3-5-12(17)6-4-11)10-20-13-7-8-19-15(18)9-13/h3-10H,2H2,1H3,(H,19,20)/b14-10+. The molecule has 2 aromatic rings. The number of esters is 1. The number of anilines is 1. The monoisotopic (exact) mass is 336 g/mol. The van der Waals surface area contributed by atoms with Crippen molar-refractivity contribution in [3.8, 4) is 0 Å². The number of carbonyl (C=O) groups excluding carboxylic acids is 1. The molecule has 0 aliphatic heterocycles. The number of carbonyl (C=O) groups is 1. The van der Waals surface area contributed by atoms with Crippen LogP contribution in [-0.4, -0.2) is 17.6 Å². The highest BCUT2D eigenvalue weighted by Crippen LogP contribution is 2.20. The van der Waals surface area contributed by atoms with Crippen LogP contribution in [0.25, 0.3) is 5.57 Å². The molecule has 1 heterocycles. The Balaban J connectivity index is 2.29. The van der Waals surface area contributed by atoms with Crippen molar-refractivity contribution in [3.63, 3.8) is 0 Å². The lowest BCUT2D eigenvalue weighted by Crippen LogP contribution is -2.08. The Labute approximate surface area is 138 Å². The van der Waals surface area contributed by atoms with E-state index in [-0.39, 0.29) is 0 Å². The van der Waals surface area contributed by atoms with Gasteiger partial charge in [0.1, 0.15) is 5.15 Å². The van der Waals surface area contributed by atoms with Gasteiger partial charge in [-0.25, -0.2) is 9.78 Å². The smallest absolute Gasteiger partial charge is 0.340 e. The summed E-state index contributed by atoms with van der Waals surface area (Å²) in [6.45, 7) is 2.05. The molecule has 0 aliphatic carbocycles. The first kappa shape index (κ1) is 16.3. The van der Waals surface area contributed by atoms with Crippen LogP contribution in [0.1, 0.15) is 12.5 Å². The van der Waals surface area contributed by atoms with Crippen molar-refractivity contribution in [1.82, 2.24) is 4.98 Å². The molecule has 0 amide bonds. The summed E-state index contributed by atoms with van der Waals surface area (Å²) in [6.07, 6.45) is 3.15. The number of rotatable bonds is 5. The van der Waals surface area contributed by atoms with Gasteiger partial charge in [-0.3, -0.25) is 0 Å². The maximum Gasteiger partial charge on any atom is 0.340 e. The second-order valence-corrected chi connectivity index (χ2v) is 5.12. The minimum absolute atomic E-state index is 0.296. The van der Waals surface area contributed by atoms with Crippen molar-refractivity contribution in [2.24, 2.45) is 0 Å². The Bertz CT molecular complexity index is 685. The number of aromatic nitrogens is 1. The van der Waals surface area contributed by atoms with Crippen LogP contribution in [0, 0.1) is 0 Å². The molecule has 4 nitrogen and oxygen atoms in total. The zero-order valence-corrected chi connectivity index (χ0v) is 13.4. The van der Waals surface area contributed by atoms with E-state index in [0.29, 0.717) is 27.9 Å². The number of nitrogens with one attached hydrogen (secondary N) is 1. The summed E-state index contributed by atoms with van der Waals surface area (Å²) in [4.78, 5) is 16.0. The first-order chi connectivity index (χ1) is 10.6. The number of hydrogen-bond donors (Lipinski definition) is 1. The molecule has 0 atom stereocenters. The minimum atomic E-state index is -0.419. The molecule has 22 heavy (non-hydrogen) atoms. The molecule has 0 aliphatic rings. The normalized spacial score (nSPS) is 11.1. The third kappa shape index (κ3) is 4.48. The van der Waals surface area contributed by atoms with E-state index in [1.54, 1.807) is 55.7 Å². The maximum absolute atomic E-state index is 12.1. The molecule has 1 aromatic heterocycles. The van der Waals surface area contributed by atoms with Gasteiger partial charge in [0.05, 0.1) is 12.2 Å². The fourth-order valence-electron chi connectivity index (χ4n) is 1.75. The van der Waals surface area contributed by atoms with Gasteiger partial charge in [0.15, 0.2) is 0 Å². The van der Waals surface area contributed by atoms with Crippen LogP contribution in [0.4, 0.5) is 5.69 Å². The van der Waals surface area contributed by atoms with Crippen molar-refractivity contribution < 1.29 is 9.53 Å². The SMILES string of the molecule is CCOC(=O)/C(=C/Nc1ccnc(Cl)c1)c1ccc(Cl)cc1. The molecular formula is C16H14Cl2N2O2. The molecule has 6 heteroatoms. The van der Waals surface area contributed by atoms with Gasteiger partial charge in [0, 0.05) is 23.1 Å². The Hall–Kier alpha value is -2.04. The predicted molar refractivity (Wildman–Crippen MR) is 88.9 cm³/mol. The van der Waals surface area contributed by atoms with Gasteiger partial charge in [0.25, 0.3) is 0 Å². The largest absolute Gasteiger partial charge is 0.462 e. The van der Waals surface area contributed by atoms with E-state index in [1.165, 1.54) is 0 Å². The molecule has 0 unspecified atom stereocenters. The Morgan fingerprint density at radius 1 is 1.27 bits per heavy atom. The van der Waals surface area contributed by atoms with Crippen LogP contribution >= 0.6 is 23.2 Å². The zero-order valence-electron chi connectivity index (χ0n) is 11.8. The topological polar surface area (TPSA) is 51.2 Å². The van der Waals surface area contributed by atoms with E-state index in [9.17, 15) is 4.79 Å². The van der Waals surface area contributed by atoms with Gasteiger partial charge in [-0.15, -0.1) is 0 Å². The van der Waals surface area contributed by atoms with Gasteiger partial charge in [-0.2, -0.15) is 0 Å². The molecule has 2 rings (SSSR count). The minimum Gasteiger partial charge on any atom is -0.462 e. The van der Waals surface area contributed by atoms with Crippen molar-refractivity contribution >= 4 is 40.4 Å². The maximum atomic E-state index is 12.1. The molecule has 0 radical (unpaired) electrons. The van der Waals surface area contributed by atoms with Gasteiger partial charge < -0.3 is 10.1 Å². The number of pyridine rings is 1. The van der Waals surface area contributed by atoms with E-state index < -0.39 is 5.97 Å². The predicted octanol–water partition coefficient (Wildman–Crippen LogP) is 4.40. The molecule has 0 saturated heterocycles. The summed E-state index contributed by atoms with van der Waals surface area (Å²) in [5, 5.41) is 3.98. The Morgan fingerprint density at radius 2 is 2.00 bits per heavy atom. The van der Waals surface area contributed by atoms with Crippen LogP contribution in [0.2, 0.25) is 10.2 Å². The number of nitrogens with zero attached hydrogens (tertiary/aromatic N) is 1. The van der Waals surface area contributed by atoms with Crippen molar-refractivity contribution in [1.29, 1.82) is 0 Å². The van der Waals surface area contributed by atoms with E-state index in [4.69, 9.17) is 27.9 Å². The van der Waals surface area contributed by atoms with Crippen LogP contribution in [0.3, 0.4) is 0 Å². The van der Waals surface area contributed by atoms with Gasteiger partial charge in [0.2, 0.25) is 0 Å². The van der Waals surface area contributed by atoms with Crippen molar-refractivity contribution in [2.45, 2.75) is 6.92 Å².